The highest BCUT2D eigenvalue weighted by Crippen LogP contribution is 2.22. The lowest BCUT2D eigenvalue weighted by atomic mass is 10.1. The molecule has 0 bridgehead atoms. The predicted octanol–water partition coefficient (Wildman–Crippen LogP) is 3.55. The zero-order valence-corrected chi connectivity index (χ0v) is 13.2. The number of nitrogens with zero attached hydrogens (tertiary/aromatic N) is 1. The standard InChI is InChI=1S/C16H22N2OS/c1-4-8-17-11-15-12(2)18-16(20-15)10-13-6-5-7-14(9-13)19-3/h5-7,9,17H,4,8,10-11H2,1-3H3. The van der Waals surface area contributed by atoms with Crippen LogP contribution in [0.3, 0.4) is 0 Å². The van der Waals surface area contributed by atoms with Crippen LogP contribution >= 0.6 is 11.3 Å². The third-order valence-electron chi connectivity index (χ3n) is 3.14. The zero-order chi connectivity index (χ0) is 14.4. The third-order valence-corrected chi connectivity index (χ3v) is 4.30. The topological polar surface area (TPSA) is 34.1 Å². The van der Waals surface area contributed by atoms with E-state index in [1.807, 2.05) is 12.1 Å². The van der Waals surface area contributed by atoms with Crippen LogP contribution in [-0.4, -0.2) is 18.6 Å². The van der Waals surface area contributed by atoms with Gasteiger partial charge in [0.1, 0.15) is 5.75 Å². The molecule has 0 atom stereocenters. The van der Waals surface area contributed by atoms with Gasteiger partial charge in [0.25, 0.3) is 0 Å². The molecule has 2 rings (SSSR count). The SMILES string of the molecule is CCCNCc1sc(Cc2cccc(OC)c2)nc1C. The van der Waals surface area contributed by atoms with Gasteiger partial charge in [-0.1, -0.05) is 19.1 Å². The average Bonchev–Trinajstić information content (AvgIpc) is 2.79. The summed E-state index contributed by atoms with van der Waals surface area (Å²) in [7, 11) is 1.70. The van der Waals surface area contributed by atoms with Crippen molar-refractivity contribution in [3.05, 3.63) is 45.4 Å². The molecule has 0 spiro atoms. The number of ether oxygens (including phenoxy) is 1. The maximum absolute atomic E-state index is 5.26. The second kappa shape index (κ2) is 7.41. The number of hydrogen-bond acceptors (Lipinski definition) is 4. The highest BCUT2D eigenvalue weighted by Gasteiger charge is 2.08. The molecule has 0 aliphatic heterocycles. The second-order valence-electron chi connectivity index (χ2n) is 4.82. The van der Waals surface area contributed by atoms with Crippen molar-refractivity contribution in [2.45, 2.75) is 33.2 Å². The molecular formula is C16H22N2OS. The van der Waals surface area contributed by atoms with E-state index in [2.05, 4.69) is 36.3 Å². The van der Waals surface area contributed by atoms with Gasteiger partial charge in [0, 0.05) is 17.8 Å². The zero-order valence-electron chi connectivity index (χ0n) is 12.4. The van der Waals surface area contributed by atoms with Gasteiger partial charge in [0.05, 0.1) is 17.8 Å². The summed E-state index contributed by atoms with van der Waals surface area (Å²) in [5.74, 6) is 0.903. The summed E-state index contributed by atoms with van der Waals surface area (Å²) in [4.78, 5) is 6.02. The van der Waals surface area contributed by atoms with E-state index in [4.69, 9.17) is 4.74 Å². The first kappa shape index (κ1) is 15.0. The predicted molar refractivity (Wildman–Crippen MR) is 84.6 cm³/mol. The number of thiazole rings is 1. The quantitative estimate of drug-likeness (QED) is 0.792. The Morgan fingerprint density at radius 2 is 2.20 bits per heavy atom. The summed E-state index contributed by atoms with van der Waals surface area (Å²) in [6.45, 7) is 6.26. The van der Waals surface area contributed by atoms with Gasteiger partial charge in [-0.2, -0.15) is 0 Å². The number of rotatable bonds is 7. The van der Waals surface area contributed by atoms with Crippen molar-refractivity contribution >= 4 is 11.3 Å². The van der Waals surface area contributed by atoms with Crippen molar-refractivity contribution in [2.75, 3.05) is 13.7 Å². The van der Waals surface area contributed by atoms with Crippen molar-refractivity contribution in [3.63, 3.8) is 0 Å². The molecule has 0 fully saturated rings. The monoisotopic (exact) mass is 290 g/mol. The summed E-state index contributed by atoms with van der Waals surface area (Å²) in [5.41, 5.74) is 2.39. The van der Waals surface area contributed by atoms with E-state index >= 15 is 0 Å². The van der Waals surface area contributed by atoms with E-state index in [1.54, 1.807) is 18.4 Å². The second-order valence-corrected chi connectivity index (χ2v) is 5.99. The van der Waals surface area contributed by atoms with E-state index in [9.17, 15) is 0 Å². The summed E-state index contributed by atoms with van der Waals surface area (Å²) >= 11 is 1.80. The maximum Gasteiger partial charge on any atom is 0.119 e. The Bertz CT molecular complexity index is 551. The minimum atomic E-state index is 0.872. The molecule has 1 N–H and O–H groups in total. The molecule has 0 aliphatic rings. The van der Waals surface area contributed by atoms with Crippen LogP contribution in [0.4, 0.5) is 0 Å². The molecule has 20 heavy (non-hydrogen) atoms. The Hall–Kier alpha value is -1.39. The molecule has 1 aromatic heterocycles. The molecular weight excluding hydrogens is 268 g/mol. The van der Waals surface area contributed by atoms with Gasteiger partial charge >= 0.3 is 0 Å². The summed E-state index contributed by atoms with van der Waals surface area (Å²) in [6.07, 6.45) is 2.03. The molecule has 0 radical (unpaired) electrons. The molecule has 108 valence electrons. The lowest BCUT2D eigenvalue weighted by Gasteiger charge is -2.02. The minimum absolute atomic E-state index is 0.872. The Morgan fingerprint density at radius 1 is 1.35 bits per heavy atom. The maximum atomic E-state index is 5.26. The van der Waals surface area contributed by atoms with E-state index < -0.39 is 0 Å². The summed E-state index contributed by atoms with van der Waals surface area (Å²) in [5, 5.41) is 4.61. The van der Waals surface area contributed by atoms with E-state index in [0.717, 1.165) is 37.4 Å². The van der Waals surface area contributed by atoms with Crippen LogP contribution in [0.5, 0.6) is 5.75 Å². The Morgan fingerprint density at radius 3 is 2.95 bits per heavy atom. The number of aryl methyl sites for hydroxylation is 1. The molecule has 4 heteroatoms. The van der Waals surface area contributed by atoms with Crippen LogP contribution < -0.4 is 10.1 Å². The number of methoxy groups -OCH3 is 1. The number of hydrogen-bond donors (Lipinski definition) is 1. The van der Waals surface area contributed by atoms with Crippen LogP contribution in [0.1, 0.15) is 34.5 Å². The summed E-state index contributed by atoms with van der Waals surface area (Å²) < 4.78 is 5.26. The molecule has 1 aromatic carbocycles. The lowest BCUT2D eigenvalue weighted by Crippen LogP contribution is -2.13. The third kappa shape index (κ3) is 4.05. The van der Waals surface area contributed by atoms with Gasteiger partial charge < -0.3 is 10.1 Å². The highest BCUT2D eigenvalue weighted by atomic mass is 32.1. The normalized spacial score (nSPS) is 10.8. The van der Waals surface area contributed by atoms with Crippen molar-refractivity contribution in [1.82, 2.24) is 10.3 Å². The van der Waals surface area contributed by atoms with E-state index in [-0.39, 0.29) is 0 Å². The molecule has 3 nitrogen and oxygen atoms in total. The minimum Gasteiger partial charge on any atom is -0.497 e. The molecule has 2 aromatic rings. The molecule has 1 heterocycles. The van der Waals surface area contributed by atoms with Crippen LogP contribution in [0, 0.1) is 6.92 Å². The number of nitrogens with one attached hydrogen (secondary N) is 1. The van der Waals surface area contributed by atoms with Gasteiger partial charge in [0.2, 0.25) is 0 Å². The largest absolute Gasteiger partial charge is 0.497 e. The van der Waals surface area contributed by atoms with Gasteiger partial charge in [-0.25, -0.2) is 4.98 Å². The van der Waals surface area contributed by atoms with Crippen molar-refractivity contribution in [3.8, 4) is 5.75 Å². The fourth-order valence-corrected chi connectivity index (χ4v) is 3.14. The smallest absolute Gasteiger partial charge is 0.119 e. The van der Waals surface area contributed by atoms with Crippen LogP contribution in [0.2, 0.25) is 0 Å². The van der Waals surface area contributed by atoms with Crippen molar-refractivity contribution < 1.29 is 4.74 Å². The van der Waals surface area contributed by atoms with E-state index in [0.29, 0.717) is 0 Å². The number of benzene rings is 1. The fourth-order valence-electron chi connectivity index (χ4n) is 2.06. The molecule has 0 amide bonds. The van der Waals surface area contributed by atoms with Crippen LogP contribution in [0.15, 0.2) is 24.3 Å². The van der Waals surface area contributed by atoms with Crippen LogP contribution in [-0.2, 0) is 13.0 Å². The van der Waals surface area contributed by atoms with Gasteiger partial charge in [-0.15, -0.1) is 11.3 Å². The van der Waals surface area contributed by atoms with Crippen LogP contribution in [0.25, 0.3) is 0 Å². The van der Waals surface area contributed by atoms with Gasteiger partial charge in [0.15, 0.2) is 0 Å². The van der Waals surface area contributed by atoms with Crippen molar-refractivity contribution in [2.24, 2.45) is 0 Å². The first-order chi connectivity index (χ1) is 9.72. The molecule has 0 saturated carbocycles. The summed E-state index contributed by atoms with van der Waals surface area (Å²) in [6, 6.07) is 8.19. The molecule has 0 saturated heterocycles. The number of aromatic nitrogens is 1. The Kier molecular flexibility index (Phi) is 5.56. The first-order valence-corrected chi connectivity index (χ1v) is 7.83. The molecule has 0 aliphatic carbocycles. The lowest BCUT2D eigenvalue weighted by molar-refractivity contribution is 0.414. The molecule has 0 unspecified atom stereocenters. The first-order valence-electron chi connectivity index (χ1n) is 7.01. The van der Waals surface area contributed by atoms with Gasteiger partial charge in [-0.05, 0) is 37.6 Å². The average molecular weight is 290 g/mol. The highest BCUT2D eigenvalue weighted by molar-refractivity contribution is 7.11. The Labute approximate surface area is 125 Å². The fraction of sp³-hybridized carbons (Fsp3) is 0.438. The van der Waals surface area contributed by atoms with Gasteiger partial charge in [-0.3, -0.25) is 0 Å². The van der Waals surface area contributed by atoms with Crippen molar-refractivity contribution in [1.29, 1.82) is 0 Å². The van der Waals surface area contributed by atoms with E-state index in [1.165, 1.54) is 15.4 Å². The Balaban J connectivity index is 2.04.